The van der Waals surface area contributed by atoms with Crippen LogP contribution in [-0.4, -0.2) is 57.8 Å². The summed E-state index contributed by atoms with van der Waals surface area (Å²) in [5.74, 6) is 0.0968. The number of aromatic nitrogens is 1. The first-order valence-electron chi connectivity index (χ1n) is 13.6. The number of piperidine rings is 1. The monoisotopic (exact) mass is 513 g/mol. The lowest BCUT2D eigenvalue weighted by atomic mass is 10.0. The van der Waals surface area contributed by atoms with Gasteiger partial charge < -0.3 is 25.0 Å². The first kappa shape index (κ1) is 27.2. The van der Waals surface area contributed by atoms with Crippen LogP contribution in [0.15, 0.2) is 89.8 Å². The van der Waals surface area contributed by atoms with Crippen LogP contribution in [0.3, 0.4) is 0 Å². The third-order valence-electron chi connectivity index (χ3n) is 7.23. The fourth-order valence-corrected chi connectivity index (χ4v) is 5.24. The molecule has 0 bridgehead atoms. The van der Waals surface area contributed by atoms with Crippen molar-refractivity contribution >= 4 is 17.3 Å². The van der Waals surface area contributed by atoms with Crippen molar-refractivity contribution in [1.29, 1.82) is 0 Å². The number of benzene rings is 1. The van der Waals surface area contributed by atoms with Gasteiger partial charge in [0, 0.05) is 54.4 Å². The number of pyridine rings is 1. The van der Waals surface area contributed by atoms with Gasteiger partial charge in [0.15, 0.2) is 0 Å². The number of aromatic amines is 1. The van der Waals surface area contributed by atoms with Gasteiger partial charge >= 0.3 is 0 Å². The van der Waals surface area contributed by atoms with Gasteiger partial charge in [0.1, 0.15) is 0 Å². The summed E-state index contributed by atoms with van der Waals surface area (Å²) in [5, 5.41) is 3.43. The Hall–Kier alpha value is -3.84. The highest BCUT2D eigenvalue weighted by molar-refractivity contribution is 5.94. The zero-order valence-corrected chi connectivity index (χ0v) is 22.7. The largest absolute Gasteiger partial charge is 0.354 e. The van der Waals surface area contributed by atoms with E-state index in [-0.39, 0.29) is 11.5 Å². The summed E-state index contributed by atoms with van der Waals surface area (Å²) >= 11 is 0. The molecule has 0 spiro atoms. The smallest absolute Gasteiger partial charge is 0.253 e. The molecule has 0 atom stereocenters. The molecule has 2 N–H and O–H groups in total. The molecule has 1 aromatic carbocycles. The number of carbonyl (C=O) groups is 1. The summed E-state index contributed by atoms with van der Waals surface area (Å²) in [6.45, 7) is 14.5. The molecule has 0 saturated carbocycles. The van der Waals surface area contributed by atoms with Crippen LogP contribution in [0.5, 0.6) is 0 Å². The first-order valence-corrected chi connectivity index (χ1v) is 13.6. The summed E-state index contributed by atoms with van der Waals surface area (Å²) in [7, 11) is 0. The Morgan fingerprint density at radius 1 is 1.16 bits per heavy atom. The Bertz CT molecular complexity index is 1280. The maximum absolute atomic E-state index is 13.2. The van der Waals surface area contributed by atoms with E-state index in [2.05, 4.69) is 35.6 Å². The third-order valence-corrected chi connectivity index (χ3v) is 7.23. The van der Waals surface area contributed by atoms with Gasteiger partial charge in [-0.1, -0.05) is 26.5 Å². The third kappa shape index (κ3) is 6.17. The predicted octanol–water partition coefficient (Wildman–Crippen LogP) is 5.41. The lowest BCUT2D eigenvalue weighted by Crippen LogP contribution is -2.46. The van der Waals surface area contributed by atoms with E-state index >= 15 is 0 Å². The van der Waals surface area contributed by atoms with Crippen LogP contribution in [0, 0.1) is 0 Å². The first-order chi connectivity index (χ1) is 18.4. The predicted molar refractivity (Wildman–Crippen MR) is 155 cm³/mol. The molecule has 0 unspecified atom stereocenters. The summed E-state index contributed by atoms with van der Waals surface area (Å²) in [4.78, 5) is 34.1. The molecule has 200 valence electrons. The molecule has 3 heterocycles. The van der Waals surface area contributed by atoms with Gasteiger partial charge in [-0.3, -0.25) is 9.59 Å². The average molecular weight is 514 g/mol. The molecule has 1 aromatic heterocycles. The standard InChI is InChI=1S/C31H39N5O2/c1-5-18-34(7-3)27-15-20-35(21-16-27)31(38)24-8-10-26(11-9-24)33-28-12-13-29(36(19-6-2)23(28)4)25-14-17-32-30(37)22-25/h6,8-14,17,19,22,27,33H,4-5,7,15-16,18,20-21H2,1-3H3,(H,32,37)/b19-6-. The fraction of sp³-hybridized carbons (Fsp3) is 0.355. The second kappa shape index (κ2) is 12.6. The Kier molecular flexibility index (Phi) is 9.02. The number of hydrogen-bond acceptors (Lipinski definition) is 5. The molecule has 0 aliphatic carbocycles. The van der Waals surface area contributed by atoms with Crippen molar-refractivity contribution in [1.82, 2.24) is 19.7 Å². The summed E-state index contributed by atoms with van der Waals surface area (Å²) in [6, 6.07) is 11.7. The molecule has 0 radical (unpaired) electrons. The SMILES string of the molecule is C=C1C(Nc2ccc(C(=O)N3CCC(N(CC)CCC)CC3)cc2)=CC=C(c2cc[nH]c(=O)c2)N1/C=C\C. The molecule has 4 rings (SSSR count). The highest BCUT2D eigenvalue weighted by Gasteiger charge is 2.26. The minimum absolute atomic E-state index is 0.0968. The van der Waals surface area contributed by atoms with E-state index in [1.807, 2.05) is 71.5 Å². The van der Waals surface area contributed by atoms with E-state index in [1.54, 1.807) is 12.3 Å². The van der Waals surface area contributed by atoms with E-state index in [9.17, 15) is 9.59 Å². The Morgan fingerprint density at radius 2 is 1.89 bits per heavy atom. The fourth-order valence-electron chi connectivity index (χ4n) is 5.24. The van der Waals surface area contributed by atoms with Crippen LogP contribution in [0.2, 0.25) is 0 Å². The zero-order valence-electron chi connectivity index (χ0n) is 22.7. The Morgan fingerprint density at radius 3 is 2.53 bits per heavy atom. The lowest BCUT2D eigenvalue weighted by molar-refractivity contribution is 0.0625. The molecule has 2 aliphatic rings. The van der Waals surface area contributed by atoms with Crippen LogP contribution >= 0.6 is 0 Å². The minimum Gasteiger partial charge on any atom is -0.354 e. The van der Waals surface area contributed by atoms with Gasteiger partial charge in [-0.2, -0.15) is 0 Å². The molecule has 1 fully saturated rings. The number of nitrogens with one attached hydrogen (secondary N) is 2. The van der Waals surface area contributed by atoms with E-state index in [0.717, 1.165) is 73.8 Å². The maximum atomic E-state index is 13.2. The molecule has 2 aromatic rings. The highest BCUT2D eigenvalue weighted by Crippen LogP contribution is 2.31. The highest BCUT2D eigenvalue weighted by atomic mass is 16.2. The minimum atomic E-state index is -0.152. The van der Waals surface area contributed by atoms with Crippen molar-refractivity contribution in [2.45, 2.75) is 46.1 Å². The Labute approximate surface area is 225 Å². The van der Waals surface area contributed by atoms with Crippen molar-refractivity contribution < 1.29 is 4.79 Å². The molecule has 7 nitrogen and oxygen atoms in total. The lowest BCUT2D eigenvalue weighted by Gasteiger charge is -2.38. The number of anilines is 1. The average Bonchev–Trinajstić information content (AvgIpc) is 2.94. The number of hydrogen-bond donors (Lipinski definition) is 2. The van der Waals surface area contributed by atoms with E-state index in [0.29, 0.717) is 11.6 Å². The Balaban J connectivity index is 1.42. The van der Waals surface area contributed by atoms with Gasteiger partial charge in [-0.15, -0.1) is 0 Å². The molecule has 1 saturated heterocycles. The molecular formula is C31H39N5O2. The number of nitrogens with zero attached hydrogens (tertiary/aromatic N) is 3. The van der Waals surface area contributed by atoms with Crippen LogP contribution < -0.4 is 10.9 Å². The van der Waals surface area contributed by atoms with E-state index < -0.39 is 0 Å². The quantitative estimate of drug-likeness (QED) is 0.469. The zero-order chi connectivity index (χ0) is 27.1. The van der Waals surface area contributed by atoms with Crippen LogP contribution in [0.25, 0.3) is 5.70 Å². The molecule has 7 heteroatoms. The molecule has 2 aliphatic heterocycles. The van der Waals surface area contributed by atoms with Crippen molar-refractivity contribution in [3.8, 4) is 0 Å². The number of rotatable bonds is 9. The van der Waals surface area contributed by atoms with Gasteiger partial charge in [0.05, 0.1) is 17.1 Å². The summed E-state index contributed by atoms with van der Waals surface area (Å²) in [5.41, 5.74) is 4.70. The number of carbonyl (C=O) groups excluding carboxylic acids is 1. The number of likely N-dealkylation sites (tertiary alicyclic amines) is 1. The second-order valence-corrected chi connectivity index (χ2v) is 9.73. The van der Waals surface area contributed by atoms with Crippen molar-refractivity contribution in [3.05, 3.63) is 106 Å². The molecular weight excluding hydrogens is 474 g/mol. The van der Waals surface area contributed by atoms with Gasteiger partial charge in [0.2, 0.25) is 5.56 Å². The van der Waals surface area contributed by atoms with Gasteiger partial charge in [0.25, 0.3) is 5.91 Å². The van der Waals surface area contributed by atoms with Crippen LogP contribution in [0.1, 0.15) is 56.0 Å². The van der Waals surface area contributed by atoms with E-state index in [4.69, 9.17) is 0 Å². The van der Waals surface area contributed by atoms with Gasteiger partial charge in [-0.25, -0.2) is 0 Å². The van der Waals surface area contributed by atoms with Crippen molar-refractivity contribution in [2.75, 3.05) is 31.5 Å². The van der Waals surface area contributed by atoms with Gasteiger partial charge in [-0.05, 0) is 81.8 Å². The van der Waals surface area contributed by atoms with Crippen molar-refractivity contribution in [2.24, 2.45) is 0 Å². The number of amides is 1. The second-order valence-electron chi connectivity index (χ2n) is 9.73. The van der Waals surface area contributed by atoms with Crippen molar-refractivity contribution in [3.63, 3.8) is 0 Å². The van der Waals surface area contributed by atoms with Crippen LogP contribution in [-0.2, 0) is 0 Å². The summed E-state index contributed by atoms with van der Waals surface area (Å²) < 4.78 is 0. The number of allylic oxidation sites excluding steroid dienone is 3. The summed E-state index contributed by atoms with van der Waals surface area (Å²) in [6.07, 6.45) is 12.7. The van der Waals surface area contributed by atoms with E-state index in [1.165, 1.54) is 0 Å². The molecule has 1 amide bonds. The topological polar surface area (TPSA) is 71.7 Å². The van der Waals surface area contributed by atoms with Crippen LogP contribution in [0.4, 0.5) is 5.69 Å². The molecule has 38 heavy (non-hydrogen) atoms. The maximum Gasteiger partial charge on any atom is 0.253 e. The normalized spacial score (nSPS) is 16.7. The number of H-pyrrole nitrogens is 1.